The highest BCUT2D eigenvalue weighted by atomic mass is 16.5. The fourth-order valence-electron chi connectivity index (χ4n) is 1.42. The quantitative estimate of drug-likeness (QED) is 0.410. The molecular formula is C15H22N2O3. The molecule has 5 nitrogen and oxygen atoms in total. The van der Waals surface area contributed by atoms with Gasteiger partial charge in [-0.05, 0) is 31.2 Å². The lowest BCUT2D eigenvalue weighted by molar-refractivity contribution is -0.121. The molecule has 0 atom stereocenters. The molecule has 0 aliphatic rings. The molecule has 0 aliphatic heterocycles. The number of hydrogen-bond acceptors (Lipinski definition) is 4. The smallest absolute Gasteiger partial charge is 0.223 e. The van der Waals surface area contributed by atoms with Crippen molar-refractivity contribution in [3.05, 3.63) is 36.4 Å². The van der Waals surface area contributed by atoms with Crippen molar-refractivity contribution in [3.63, 3.8) is 0 Å². The topological polar surface area (TPSA) is 73.6 Å². The number of nitrogen functional groups attached to an aromatic ring is 1. The van der Waals surface area contributed by atoms with E-state index >= 15 is 0 Å². The molecule has 0 bridgehead atoms. The number of anilines is 1. The van der Waals surface area contributed by atoms with E-state index in [2.05, 4.69) is 11.9 Å². The molecule has 0 radical (unpaired) electrons. The van der Waals surface area contributed by atoms with E-state index < -0.39 is 0 Å². The lowest BCUT2D eigenvalue weighted by atomic mass is 10.3. The third-order valence-electron chi connectivity index (χ3n) is 2.39. The number of nitrogens with one attached hydrogen (secondary N) is 1. The van der Waals surface area contributed by atoms with Gasteiger partial charge in [-0.1, -0.05) is 12.2 Å². The van der Waals surface area contributed by atoms with E-state index in [1.165, 1.54) is 0 Å². The maximum absolute atomic E-state index is 11.5. The minimum absolute atomic E-state index is 0.0561. The number of carbonyl (C=O) groups is 1. The summed E-state index contributed by atoms with van der Waals surface area (Å²) in [5.41, 5.74) is 7.22. The highest BCUT2D eigenvalue weighted by molar-refractivity contribution is 5.75. The lowest BCUT2D eigenvalue weighted by Gasteiger charge is -2.08. The third kappa shape index (κ3) is 7.43. The molecule has 3 N–H and O–H groups in total. The zero-order chi connectivity index (χ0) is 14.8. The summed E-state index contributed by atoms with van der Waals surface area (Å²) in [5, 5.41) is 2.76. The summed E-state index contributed by atoms with van der Waals surface area (Å²) >= 11 is 0. The van der Waals surface area contributed by atoms with Gasteiger partial charge in [0.05, 0.1) is 26.2 Å². The van der Waals surface area contributed by atoms with Crippen molar-refractivity contribution in [2.24, 2.45) is 0 Å². The van der Waals surface area contributed by atoms with Crippen LogP contribution in [0.25, 0.3) is 0 Å². The molecule has 1 amide bonds. The van der Waals surface area contributed by atoms with Crippen LogP contribution in [-0.4, -0.2) is 32.3 Å². The molecule has 0 saturated carbocycles. The van der Waals surface area contributed by atoms with Crippen LogP contribution >= 0.6 is 0 Å². The standard InChI is InChI=1S/C15H22N2O3/c1-12(2)11-19-10-8-17-15(18)7-9-20-14-5-3-13(16)4-6-14/h3-6H,1,7-11,16H2,2H3,(H,17,18). The summed E-state index contributed by atoms with van der Waals surface area (Å²) in [6.07, 6.45) is 0.310. The van der Waals surface area contributed by atoms with E-state index in [0.29, 0.717) is 44.2 Å². The number of carbonyl (C=O) groups excluding carboxylic acids is 1. The van der Waals surface area contributed by atoms with Crippen molar-refractivity contribution < 1.29 is 14.3 Å². The summed E-state index contributed by atoms with van der Waals surface area (Å²) in [6, 6.07) is 7.07. The van der Waals surface area contributed by atoms with Crippen molar-refractivity contribution in [3.8, 4) is 5.75 Å². The van der Waals surface area contributed by atoms with E-state index in [9.17, 15) is 4.79 Å². The van der Waals surface area contributed by atoms with E-state index in [4.69, 9.17) is 15.2 Å². The Morgan fingerprint density at radius 3 is 2.65 bits per heavy atom. The van der Waals surface area contributed by atoms with Crippen molar-refractivity contribution in [1.82, 2.24) is 5.32 Å². The summed E-state index contributed by atoms with van der Waals surface area (Å²) in [5.74, 6) is 0.649. The molecular weight excluding hydrogens is 256 g/mol. The molecule has 0 aromatic heterocycles. The Hall–Kier alpha value is -2.01. The second-order valence-electron chi connectivity index (χ2n) is 4.53. The zero-order valence-electron chi connectivity index (χ0n) is 11.9. The molecule has 0 fully saturated rings. The minimum atomic E-state index is -0.0561. The van der Waals surface area contributed by atoms with Gasteiger partial charge in [-0.25, -0.2) is 0 Å². The first-order valence-electron chi connectivity index (χ1n) is 6.55. The Balaban J connectivity index is 2.05. The van der Waals surface area contributed by atoms with Crippen LogP contribution in [-0.2, 0) is 9.53 Å². The highest BCUT2D eigenvalue weighted by Gasteiger charge is 2.01. The predicted molar refractivity (Wildman–Crippen MR) is 79.6 cm³/mol. The van der Waals surface area contributed by atoms with E-state index in [1.54, 1.807) is 24.3 Å². The molecule has 1 aromatic carbocycles. The maximum Gasteiger partial charge on any atom is 0.223 e. The molecule has 20 heavy (non-hydrogen) atoms. The molecule has 1 rings (SSSR count). The number of ether oxygens (including phenoxy) is 2. The van der Waals surface area contributed by atoms with Crippen molar-refractivity contribution in [2.75, 3.05) is 32.1 Å². The summed E-state index contributed by atoms with van der Waals surface area (Å²) in [7, 11) is 0. The van der Waals surface area contributed by atoms with Gasteiger partial charge in [0.15, 0.2) is 0 Å². The molecule has 0 heterocycles. The highest BCUT2D eigenvalue weighted by Crippen LogP contribution is 2.12. The lowest BCUT2D eigenvalue weighted by Crippen LogP contribution is -2.28. The molecule has 5 heteroatoms. The monoisotopic (exact) mass is 278 g/mol. The van der Waals surface area contributed by atoms with Gasteiger partial charge < -0.3 is 20.5 Å². The van der Waals surface area contributed by atoms with Gasteiger partial charge in [-0.15, -0.1) is 0 Å². The number of benzene rings is 1. The minimum Gasteiger partial charge on any atom is -0.493 e. The fourth-order valence-corrected chi connectivity index (χ4v) is 1.42. The van der Waals surface area contributed by atoms with Gasteiger partial charge in [0.25, 0.3) is 0 Å². The first kappa shape index (κ1) is 16.0. The van der Waals surface area contributed by atoms with E-state index in [0.717, 1.165) is 5.57 Å². The van der Waals surface area contributed by atoms with Crippen molar-refractivity contribution in [1.29, 1.82) is 0 Å². The van der Waals surface area contributed by atoms with Crippen LogP contribution in [0.5, 0.6) is 5.75 Å². The summed E-state index contributed by atoms with van der Waals surface area (Å²) in [6.45, 7) is 7.46. The second kappa shape index (κ2) is 8.98. The molecule has 0 unspecified atom stereocenters. The van der Waals surface area contributed by atoms with Gasteiger partial charge in [0.2, 0.25) is 5.91 Å². The largest absolute Gasteiger partial charge is 0.493 e. The molecule has 110 valence electrons. The molecule has 1 aromatic rings. The predicted octanol–water partition coefficient (Wildman–Crippen LogP) is 1.75. The van der Waals surface area contributed by atoms with Crippen LogP contribution in [0.2, 0.25) is 0 Å². The average molecular weight is 278 g/mol. The van der Waals surface area contributed by atoms with Crippen LogP contribution in [0.3, 0.4) is 0 Å². The zero-order valence-corrected chi connectivity index (χ0v) is 11.9. The van der Waals surface area contributed by atoms with Crippen molar-refractivity contribution >= 4 is 11.6 Å². The SMILES string of the molecule is C=C(C)COCCNC(=O)CCOc1ccc(N)cc1. The van der Waals surface area contributed by atoms with Crippen LogP contribution in [0.1, 0.15) is 13.3 Å². The average Bonchev–Trinajstić information content (AvgIpc) is 2.40. The molecule has 0 spiro atoms. The first-order valence-corrected chi connectivity index (χ1v) is 6.55. The Bertz CT molecular complexity index is 429. The first-order chi connectivity index (χ1) is 9.58. The van der Waals surface area contributed by atoms with E-state index in [-0.39, 0.29) is 5.91 Å². The van der Waals surface area contributed by atoms with Gasteiger partial charge in [0, 0.05) is 12.2 Å². The van der Waals surface area contributed by atoms with Crippen LogP contribution in [0.15, 0.2) is 36.4 Å². The Kier molecular flexibility index (Phi) is 7.21. The van der Waals surface area contributed by atoms with Gasteiger partial charge >= 0.3 is 0 Å². The van der Waals surface area contributed by atoms with Crippen LogP contribution in [0.4, 0.5) is 5.69 Å². The van der Waals surface area contributed by atoms with Crippen LogP contribution < -0.4 is 15.8 Å². The second-order valence-corrected chi connectivity index (χ2v) is 4.53. The maximum atomic E-state index is 11.5. The van der Waals surface area contributed by atoms with Gasteiger partial charge in [0.1, 0.15) is 5.75 Å². The molecule has 0 aliphatic carbocycles. The van der Waals surface area contributed by atoms with E-state index in [1.807, 2.05) is 6.92 Å². The Morgan fingerprint density at radius 2 is 2.00 bits per heavy atom. The number of hydrogen-bond donors (Lipinski definition) is 2. The molecule has 0 saturated heterocycles. The van der Waals surface area contributed by atoms with Crippen LogP contribution in [0, 0.1) is 0 Å². The fraction of sp³-hybridized carbons (Fsp3) is 0.400. The van der Waals surface area contributed by atoms with Gasteiger partial charge in [-0.2, -0.15) is 0 Å². The Labute approximate surface area is 119 Å². The number of rotatable bonds is 9. The normalized spacial score (nSPS) is 10.1. The summed E-state index contributed by atoms with van der Waals surface area (Å²) in [4.78, 5) is 11.5. The van der Waals surface area contributed by atoms with Crippen molar-refractivity contribution in [2.45, 2.75) is 13.3 Å². The third-order valence-corrected chi connectivity index (χ3v) is 2.39. The Morgan fingerprint density at radius 1 is 1.30 bits per heavy atom. The number of nitrogens with two attached hydrogens (primary N) is 1. The number of amides is 1. The van der Waals surface area contributed by atoms with Gasteiger partial charge in [-0.3, -0.25) is 4.79 Å². The summed E-state index contributed by atoms with van der Waals surface area (Å²) < 4.78 is 10.7.